The Balaban J connectivity index is 1.30. The largest absolute Gasteiger partial charge is 0.454 e. The van der Waals surface area contributed by atoms with E-state index >= 15 is 0 Å². The van der Waals surface area contributed by atoms with E-state index in [1.54, 1.807) is 10.9 Å². The lowest BCUT2D eigenvalue weighted by atomic mass is 10.1. The molecular weight excluding hydrogens is 332 g/mol. The van der Waals surface area contributed by atoms with Gasteiger partial charge in [-0.3, -0.25) is 4.79 Å². The van der Waals surface area contributed by atoms with Crippen LogP contribution in [0.15, 0.2) is 54.7 Å². The first-order valence-electron chi connectivity index (χ1n) is 8.39. The van der Waals surface area contributed by atoms with Crippen molar-refractivity contribution in [2.24, 2.45) is 0 Å². The zero-order valence-electron chi connectivity index (χ0n) is 14.1. The van der Waals surface area contributed by atoms with Crippen molar-refractivity contribution in [3.8, 4) is 11.5 Å². The lowest BCUT2D eigenvalue weighted by molar-refractivity contribution is 0.0949. The van der Waals surface area contributed by atoms with Crippen molar-refractivity contribution in [1.82, 2.24) is 20.3 Å². The van der Waals surface area contributed by atoms with Crippen molar-refractivity contribution in [2.45, 2.75) is 13.0 Å². The first-order valence-corrected chi connectivity index (χ1v) is 8.39. The van der Waals surface area contributed by atoms with Crippen molar-refractivity contribution >= 4 is 5.91 Å². The van der Waals surface area contributed by atoms with Gasteiger partial charge in [0.1, 0.15) is 0 Å². The Morgan fingerprint density at radius 2 is 1.92 bits per heavy atom. The summed E-state index contributed by atoms with van der Waals surface area (Å²) in [5, 5.41) is 10.8. The van der Waals surface area contributed by atoms with Crippen LogP contribution in [0.25, 0.3) is 0 Å². The molecule has 1 N–H and O–H groups in total. The monoisotopic (exact) mass is 350 g/mol. The number of amides is 1. The van der Waals surface area contributed by atoms with Gasteiger partial charge in [0, 0.05) is 6.54 Å². The number of nitrogens with zero attached hydrogens (tertiary/aromatic N) is 3. The van der Waals surface area contributed by atoms with Crippen LogP contribution in [0.5, 0.6) is 11.5 Å². The van der Waals surface area contributed by atoms with Gasteiger partial charge in [0.15, 0.2) is 17.2 Å². The summed E-state index contributed by atoms with van der Waals surface area (Å²) in [6.07, 6.45) is 2.35. The van der Waals surface area contributed by atoms with Crippen LogP contribution in [-0.4, -0.2) is 34.2 Å². The summed E-state index contributed by atoms with van der Waals surface area (Å²) in [4.78, 5) is 12.2. The average molecular weight is 350 g/mol. The first kappa shape index (κ1) is 16.1. The highest BCUT2D eigenvalue weighted by Crippen LogP contribution is 2.32. The number of aromatic nitrogens is 3. The highest BCUT2D eigenvalue weighted by Gasteiger charge is 2.14. The Labute approximate surface area is 150 Å². The van der Waals surface area contributed by atoms with Crippen molar-refractivity contribution in [3.05, 3.63) is 71.5 Å². The third kappa shape index (κ3) is 3.66. The van der Waals surface area contributed by atoms with E-state index < -0.39 is 0 Å². The summed E-state index contributed by atoms with van der Waals surface area (Å²) >= 11 is 0. The fourth-order valence-electron chi connectivity index (χ4n) is 2.76. The molecule has 4 rings (SSSR count). The summed E-state index contributed by atoms with van der Waals surface area (Å²) in [5.41, 5.74) is 2.49. The molecule has 0 unspecified atom stereocenters. The predicted octanol–water partition coefficient (Wildman–Crippen LogP) is 2.03. The molecule has 0 fully saturated rings. The van der Waals surface area contributed by atoms with Gasteiger partial charge in [-0.1, -0.05) is 41.6 Å². The van der Waals surface area contributed by atoms with Crippen molar-refractivity contribution < 1.29 is 14.3 Å². The van der Waals surface area contributed by atoms with Gasteiger partial charge in [-0.15, -0.1) is 5.10 Å². The van der Waals surface area contributed by atoms with E-state index in [0.29, 0.717) is 25.2 Å². The molecule has 2 heterocycles. The van der Waals surface area contributed by atoms with Crippen LogP contribution in [0, 0.1) is 0 Å². The molecule has 3 aromatic rings. The molecule has 132 valence electrons. The third-order valence-corrected chi connectivity index (χ3v) is 4.09. The summed E-state index contributed by atoms with van der Waals surface area (Å²) < 4.78 is 12.3. The minimum absolute atomic E-state index is 0.231. The molecule has 1 amide bonds. The number of fused-ring (bicyclic) bond motifs is 1. The third-order valence-electron chi connectivity index (χ3n) is 4.09. The molecule has 1 aliphatic rings. The normalized spacial score (nSPS) is 12.2. The molecule has 0 radical (unpaired) electrons. The molecule has 26 heavy (non-hydrogen) atoms. The minimum atomic E-state index is -0.231. The maximum Gasteiger partial charge on any atom is 0.273 e. The van der Waals surface area contributed by atoms with Gasteiger partial charge in [-0.2, -0.15) is 0 Å². The van der Waals surface area contributed by atoms with Gasteiger partial charge in [0.05, 0.1) is 12.7 Å². The minimum Gasteiger partial charge on any atom is -0.454 e. The number of nitrogens with one attached hydrogen (secondary N) is 1. The second-order valence-electron chi connectivity index (χ2n) is 5.98. The number of carbonyl (C=O) groups excluding carboxylic acids is 1. The molecule has 7 nitrogen and oxygen atoms in total. The molecule has 0 bridgehead atoms. The predicted molar refractivity (Wildman–Crippen MR) is 94.2 cm³/mol. The average Bonchev–Trinajstić information content (AvgIpc) is 3.31. The van der Waals surface area contributed by atoms with Gasteiger partial charge in [0.2, 0.25) is 6.79 Å². The van der Waals surface area contributed by atoms with Crippen LogP contribution in [0.1, 0.15) is 21.6 Å². The molecule has 1 aliphatic heterocycles. The molecule has 0 saturated heterocycles. The summed E-state index contributed by atoms with van der Waals surface area (Å²) in [7, 11) is 0. The maximum absolute atomic E-state index is 12.2. The Morgan fingerprint density at radius 3 is 2.81 bits per heavy atom. The second kappa shape index (κ2) is 7.26. The van der Waals surface area contributed by atoms with E-state index in [9.17, 15) is 4.79 Å². The number of ether oxygens (including phenoxy) is 2. The van der Waals surface area contributed by atoms with Crippen LogP contribution in [0.4, 0.5) is 0 Å². The zero-order chi connectivity index (χ0) is 17.8. The fourth-order valence-corrected chi connectivity index (χ4v) is 2.76. The molecular formula is C19H18N4O3. The molecule has 7 heteroatoms. The number of benzene rings is 2. The van der Waals surface area contributed by atoms with Gasteiger partial charge in [-0.25, -0.2) is 4.68 Å². The number of hydrogen-bond acceptors (Lipinski definition) is 5. The van der Waals surface area contributed by atoms with Crippen LogP contribution in [0.2, 0.25) is 0 Å². The summed E-state index contributed by atoms with van der Waals surface area (Å²) in [6, 6.07) is 15.7. The quantitative estimate of drug-likeness (QED) is 0.736. The van der Waals surface area contributed by atoms with Crippen molar-refractivity contribution in [1.29, 1.82) is 0 Å². The molecule has 2 aromatic carbocycles. The first-order chi connectivity index (χ1) is 12.8. The van der Waals surface area contributed by atoms with Gasteiger partial charge in [-0.05, 0) is 29.7 Å². The molecule has 0 aliphatic carbocycles. The van der Waals surface area contributed by atoms with E-state index in [4.69, 9.17) is 9.47 Å². The van der Waals surface area contributed by atoms with Crippen LogP contribution < -0.4 is 14.8 Å². The summed E-state index contributed by atoms with van der Waals surface area (Å²) in [6.45, 7) is 1.34. The van der Waals surface area contributed by atoms with E-state index in [1.807, 2.05) is 48.5 Å². The molecule has 0 saturated carbocycles. The molecule has 0 atom stereocenters. The lowest BCUT2D eigenvalue weighted by Crippen LogP contribution is -2.26. The standard InChI is InChI=1S/C19H18N4O3/c24-19(16-12-23(22-21-16)11-15-4-2-1-3-5-15)20-9-8-14-6-7-17-18(10-14)26-13-25-17/h1-7,10,12H,8-9,11,13H2,(H,20,24). The Hall–Kier alpha value is -3.35. The smallest absolute Gasteiger partial charge is 0.273 e. The van der Waals surface area contributed by atoms with Gasteiger partial charge >= 0.3 is 0 Å². The SMILES string of the molecule is O=C(NCCc1ccc2c(c1)OCO2)c1cn(Cc2ccccc2)nn1. The van der Waals surface area contributed by atoms with Crippen LogP contribution >= 0.6 is 0 Å². The van der Waals surface area contributed by atoms with Gasteiger partial charge in [0.25, 0.3) is 5.91 Å². The highest BCUT2D eigenvalue weighted by atomic mass is 16.7. The van der Waals surface area contributed by atoms with E-state index in [1.165, 1.54) is 0 Å². The van der Waals surface area contributed by atoms with E-state index in [2.05, 4.69) is 15.6 Å². The Bertz CT molecular complexity index is 908. The highest BCUT2D eigenvalue weighted by molar-refractivity contribution is 5.91. The van der Waals surface area contributed by atoms with Gasteiger partial charge < -0.3 is 14.8 Å². The van der Waals surface area contributed by atoms with Crippen molar-refractivity contribution in [2.75, 3.05) is 13.3 Å². The Morgan fingerprint density at radius 1 is 1.08 bits per heavy atom. The topological polar surface area (TPSA) is 78.3 Å². The number of carbonyl (C=O) groups is 1. The Kier molecular flexibility index (Phi) is 4.51. The fraction of sp³-hybridized carbons (Fsp3) is 0.211. The van der Waals surface area contributed by atoms with Crippen LogP contribution in [-0.2, 0) is 13.0 Å². The summed E-state index contributed by atoms with van der Waals surface area (Å²) in [5.74, 6) is 1.27. The van der Waals surface area contributed by atoms with Crippen LogP contribution in [0.3, 0.4) is 0 Å². The van der Waals surface area contributed by atoms with E-state index in [-0.39, 0.29) is 12.7 Å². The lowest BCUT2D eigenvalue weighted by Gasteiger charge is -2.04. The second-order valence-corrected chi connectivity index (χ2v) is 5.98. The molecule has 0 spiro atoms. The van der Waals surface area contributed by atoms with E-state index in [0.717, 1.165) is 22.6 Å². The maximum atomic E-state index is 12.2. The molecule has 1 aromatic heterocycles. The van der Waals surface area contributed by atoms with Crippen molar-refractivity contribution in [3.63, 3.8) is 0 Å². The zero-order valence-corrected chi connectivity index (χ0v) is 14.1. The number of hydrogen-bond donors (Lipinski definition) is 1. The number of rotatable bonds is 6.